The minimum atomic E-state index is -3.93. The lowest BCUT2D eigenvalue weighted by Gasteiger charge is -2.24. The number of carbonyl (C=O) groups excluding carboxylic acids is 1. The monoisotopic (exact) mass is 370 g/mol. The number of aliphatic hydroxyl groups is 1. The third-order valence-electron chi connectivity index (χ3n) is 4.45. The van der Waals surface area contributed by atoms with Crippen molar-refractivity contribution in [2.24, 2.45) is 5.92 Å². The Bertz CT molecular complexity index is 707. The molecule has 0 bridgehead atoms. The van der Waals surface area contributed by atoms with Gasteiger partial charge in [-0.2, -0.15) is 0 Å². The minimum Gasteiger partial charge on any atom is -0.465 e. The number of methoxy groups -OCH3 is 1. The van der Waals surface area contributed by atoms with Crippen LogP contribution < -0.4 is 4.72 Å². The molecule has 7 nitrogen and oxygen atoms in total. The van der Waals surface area contributed by atoms with Crippen molar-refractivity contribution in [1.29, 1.82) is 0 Å². The summed E-state index contributed by atoms with van der Waals surface area (Å²) >= 11 is 0. The van der Waals surface area contributed by atoms with Crippen molar-refractivity contribution in [2.75, 3.05) is 26.7 Å². The predicted octanol–water partition coefficient (Wildman–Crippen LogP) is 0.843. The molecule has 1 heterocycles. The first-order valence-corrected chi connectivity index (χ1v) is 9.82. The molecule has 25 heavy (non-hydrogen) atoms. The Morgan fingerprint density at radius 2 is 2.08 bits per heavy atom. The van der Waals surface area contributed by atoms with Gasteiger partial charge in [0, 0.05) is 25.7 Å². The highest BCUT2D eigenvalue weighted by Gasteiger charge is 2.28. The van der Waals surface area contributed by atoms with Gasteiger partial charge in [0.25, 0.3) is 0 Å². The number of carbonyl (C=O) groups is 1. The lowest BCUT2D eigenvalue weighted by Crippen LogP contribution is -2.41. The van der Waals surface area contributed by atoms with Crippen LogP contribution in [0.3, 0.4) is 0 Å². The Morgan fingerprint density at radius 1 is 1.40 bits per heavy atom. The van der Waals surface area contributed by atoms with Gasteiger partial charge in [-0.05, 0) is 31.4 Å². The van der Waals surface area contributed by atoms with Gasteiger partial charge < -0.3 is 9.84 Å². The number of sulfonamides is 1. The largest absolute Gasteiger partial charge is 0.465 e. The molecule has 0 aromatic heterocycles. The van der Waals surface area contributed by atoms with Crippen LogP contribution in [0.25, 0.3) is 0 Å². The molecule has 1 aromatic rings. The Morgan fingerprint density at radius 3 is 2.68 bits per heavy atom. The SMILES string of the molecule is COC(=O)c1ccccc1S(=O)(=O)NC[C@@H](O)CN1CC(C)CC1C. The number of likely N-dealkylation sites (tertiary alicyclic amines) is 1. The molecule has 2 rings (SSSR count). The number of β-amino-alcohol motifs (C(OH)–C–C–N with tert-alkyl or cyclic N) is 1. The van der Waals surface area contributed by atoms with Gasteiger partial charge in [-0.1, -0.05) is 19.1 Å². The number of nitrogens with one attached hydrogen (secondary N) is 1. The second-order valence-corrected chi connectivity index (χ2v) is 8.37. The van der Waals surface area contributed by atoms with Crippen molar-refractivity contribution in [2.45, 2.75) is 37.3 Å². The van der Waals surface area contributed by atoms with Gasteiger partial charge in [-0.25, -0.2) is 17.9 Å². The fourth-order valence-corrected chi connectivity index (χ4v) is 4.51. The van der Waals surface area contributed by atoms with Crippen LogP contribution in [-0.4, -0.2) is 63.3 Å². The molecule has 0 amide bonds. The van der Waals surface area contributed by atoms with Crippen molar-refractivity contribution in [3.63, 3.8) is 0 Å². The van der Waals surface area contributed by atoms with E-state index in [-0.39, 0.29) is 17.0 Å². The zero-order chi connectivity index (χ0) is 18.6. The van der Waals surface area contributed by atoms with E-state index in [4.69, 9.17) is 0 Å². The van der Waals surface area contributed by atoms with Crippen LogP contribution in [0.4, 0.5) is 0 Å². The zero-order valence-corrected chi connectivity index (χ0v) is 15.6. The smallest absolute Gasteiger partial charge is 0.339 e. The van der Waals surface area contributed by atoms with E-state index in [2.05, 4.69) is 28.2 Å². The number of hydrogen-bond donors (Lipinski definition) is 2. The van der Waals surface area contributed by atoms with E-state index in [1.807, 2.05) is 0 Å². The molecule has 0 radical (unpaired) electrons. The zero-order valence-electron chi connectivity index (χ0n) is 14.8. The summed E-state index contributed by atoms with van der Waals surface area (Å²) in [7, 11) is -2.73. The Balaban J connectivity index is 2.01. The number of ether oxygens (including phenoxy) is 1. The fourth-order valence-electron chi connectivity index (χ4n) is 3.24. The minimum absolute atomic E-state index is 0.0334. The van der Waals surface area contributed by atoms with E-state index >= 15 is 0 Å². The maximum absolute atomic E-state index is 12.5. The molecule has 140 valence electrons. The van der Waals surface area contributed by atoms with Crippen molar-refractivity contribution in [1.82, 2.24) is 9.62 Å². The molecule has 1 saturated heterocycles. The number of hydrogen-bond acceptors (Lipinski definition) is 6. The van der Waals surface area contributed by atoms with Crippen molar-refractivity contribution in [3.05, 3.63) is 29.8 Å². The number of rotatable bonds is 7. The Hall–Kier alpha value is -1.48. The average Bonchev–Trinajstić information content (AvgIpc) is 2.89. The molecule has 0 spiro atoms. The van der Waals surface area contributed by atoms with E-state index < -0.39 is 22.1 Å². The van der Waals surface area contributed by atoms with Crippen LogP contribution >= 0.6 is 0 Å². The van der Waals surface area contributed by atoms with Crippen LogP contribution in [0.2, 0.25) is 0 Å². The van der Waals surface area contributed by atoms with Crippen LogP contribution in [0.5, 0.6) is 0 Å². The van der Waals surface area contributed by atoms with Crippen molar-refractivity contribution < 1.29 is 23.1 Å². The van der Waals surface area contributed by atoms with Gasteiger partial charge in [0.15, 0.2) is 0 Å². The average molecular weight is 370 g/mol. The first kappa shape index (κ1) is 19.8. The number of aliphatic hydroxyl groups excluding tert-OH is 1. The molecule has 1 aliphatic rings. The predicted molar refractivity (Wildman–Crippen MR) is 93.8 cm³/mol. The maximum atomic E-state index is 12.5. The van der Waals surface area contributed by atoms with Crippen molar-refractivity contribution >= 4 is 16.0 Å². The summed E-state index contributed by atoms with van der Waals surface area (Å²) in [5.74, 6) is -0.146. The highest BCUT2D eigenvalue weighted by Crippen LogP contribution is 2.22. The van der Waals surface area contributed by atoms with E-state index in [1.54, 1.807) is 6.07 Å². The van der Waals surface area contributed by atoms with E-state index in [9.17, 15) is 18.3 Å². The van der Waals surface area contributed by atoms with Crippen LogP contribution in [-0.2, 0) is 14.8 Å². The second kappa shape index (κ2) is 8.27. The summed E-state index contributed by atoms with van der Waals surface area (Å²) in [5.41, 5.74) is -0.0334. The van der Waals surface area contributed by atoms with Gasteiger partial charge in [-0.15, -0.1) is 0 Å². The summed E-state index contributed by atoms with van der Waals surface area (Å²) in [6, 6.07) is 6.21. The molecular weight excluding hydrogens is 344 g/mol. The Labute approximate surface area is 149 Å². The third-order valence-corrected chi connectivity index (χ3v) is 5.93. The van der Waals surface area contributed by atoms with Gasteiger partial charge in [0.05, 0.1) is 23.7 Å². The van der Waals surface area contributed by atoms with Crippen molar-refractivity contribution in [3.8, 4) is 0 Å². The van der Waals surface area contributed by atoms with Gasteiger partial charge >= 0.3 is 5.97 Å². The molecule has 8 heteroatoms. The topological polar surface area (TPSA) is 95.9 Å². The molecule has 2 N–H and O–H groups in total. The Kier molecular flexibility index (Phi) is 6.56. The molecule has 0 aliphatic carbocycles. The summed E-state index contributed by atoms with van der Waals surface area (Å²) < 4.78 is 32.0. The molecule has 1 aliphatic heterocycles. The van der Waals surface area contributed by atoms with E-state index in [1.165, 1.54) is 25.3 Å². The third kappa shape index (κ3) is 5.01. The van der Waals surface area contributed by atoms with Gasteiger partial charge in [0.2, 0.25) is 10.0 Å². The van der Waals surface area contributed by atoms with Crippen LogP contribution in [0.15, 0.2) is 29.2 Å². The first-order valence-electron chi connectivity index (χ1n) is 8.33. The summed E-state index contributed by atoms with van der Waals surface area (Å²) in [6.45, 7) is 5.46. The highest BCUT2D eigenvalue weighted by molar-refractivity contribution is 7.89. The molecule has 1 fully saturated rings. The lowest BCUT2D eigenvalue weighted by molar-refractivity contribution is 0.0596. The highest BCUT2D eigenvalue weighted by atomic mass is 32.2. The molecule has 3 atom stereocenters. The van der Waals surface area contributed by atoms with Gasteiger partial charge in [0.1, 0.15) is 0 Å². The first-order chi connectivity index (χ1) is 11.7. The molecule has 2 unspecified atom stereocenters. The summed E-state index contributed by atoms with van der Waals surface area (Å²) in [5, 5.41) is 10.2. The van der Waals surface area contributed by atoms with Gasteiger partial charge in [-0.3, -0.25) is 4.90 Å². The number of esters is 1. The molecule has 0 saturated carbocycles. The normalized spacial score (nSPS) is 22.7. The number of nitrogens with zero attached hydrogens (tertiary/aromatic N) is 1. The quantitative estimate of drug-likeness (QED) is 0.691. The second-order valence-electron chi connectivity index (χ2n) is 6.64. The van der Waals surface area contributed by atoms with Crippen LogP contribution in [0.1, 0.15) is 30.6 Å². The van der Waals surface area contributed by atoms with E-state index in [0.717, 1.165) is 13.0 Å². The maximum Gasteiger partial charge on any atom is 0.339 e. The molecule has 1 aromatic carbocycles. The lowest BCUT2D eigenvalue weighted by atomic mass is 10.1. The molecular formula is C17H26N2O5S. The summed E-state index contributed by atoms with van der Waals surface area (Å²) in [4.78, 5) is 13.7. The number of benzene rings is 1. The standard InChI is InChI=1S/C17H26N2O5S/c1-12-8-13(2)19(10-12)11-14(20)9-18-25(22,23)16-7-5-4-6-15(16)17(21)24-3/h4-7,12-14,18,20H,8-11H2,1-3H3/t12?,13?,14-/m1/s1. The van der Waals surface area contributed by atoms with E-state index in [0.29, 0.717) is 18.5 Å². The fraction of sp³-hybridized carbons (Fsp3) is 0.588. The summed E-state index contributed by atoms with van der Waals surface area (Å²) in [6.07, 6.45) is 0.248. The van der Waals surface area contributed by atoms with Crippen LogP contribution in [0, 0.1) is 5.92 Å².